The zero-order chi connectivity index (χ0) is 13.8. The average molecular weight is 386 g/mol. The van der Waals surface area contributed by atoms with Crippen LogP contribution >= 0.6 is 31.9 Å². The topological polar surface area (TPSA) is 18.5 Å². The van der Waals surface area contributed by atoms with Crippen molar-refractivity contribution >= 4 is 31.9 Å². The highest BCUT2D eigenvalue weighted by Gasteiger charge is 2.14. The van der Waals surface area contributed by atoms with Gasteiger partial charge in [0.1, 0.15) is 11.5 Å². The molecule has 0 radical (unpaired) electrons. The maximum Gasteiger partial charge on any atom is 0.120 e. The van der Waals surface area contributed by atoms with Gasteiger partial charge in [-0.2, -0.15) is 0 Å². The van der Waals surface area contributed by atoms with Crippen LogP contribution in [0.1, 0.15) is 16.0 Å². The Balaban J connectivity index is 2.35. The molecule has 0 aliphatic heterocycles. The first-order valence-corrected chi connectivity index (χ1v) is 7.48. The van der Waals surface area contributed by atoms with Crippen molar-refractivity contribution in [2.75, 3.05) is 14.2 Å². The van der Waals surface area contributed by atoms with Gasteiger partial charge in [-0.25, -0.2) is 0 Å². The number of rotatable bonds is 4. The highest BCUT2D eigenvalue weighted by molar-refractivity contribution is 9.11. The van der Waals surface area contributed by atoms with Crippen LogP contribution in [0.4, 0.5) is 0 Å². The first-order valence-electron chi connectivity index (χ1n) is 5.77. The zero-order valence-electron chi connectivity index (χ0n) is 10.7. The molecule has 2 rings (SSSR count). The van der Waals surface area contributed by atoms with Crippen molar-refractivity contribution in [2.45, 2.75) is 4.83 Å². The third kappa shape index (κ3) is 3.31. The van der Waals surface area contributed by atoms with E-state index < -0.39 is 0 Å². The van der Waals surface area contributed by atoms with Gasteiger partial charge in [-0.15, -0.1) is 0 Å². The van der Waals surface area contributed by atoms with Gasteiger partial charge in [0.05, 0.1) is 19.0 Å². The number of hydrogen-bond acceptors (Lipinski definition) is 2. The lowest BCUT2D eigenvalue weighted by atomic mass is 10.0. The van der Waals surface area contributed by atoms with Gasteiger partial charge in [0.25, 0.3) is 0 Å². The van der Waals surface area contributed by atoms with Crippen molar-refractivity contribution in [3.05, 3.63) is 58.1 Å². The number of methoxy groups -OCH3 is 2. The van der Waals surface area contributed by atoms with Crippen molar-refractivity contribution in [3.8, 4) is 11.5 Å². The number of ether oxygens (including phenoxy) is 2. The fraction of sp³-hybridized carbons (Fsp3) is 0.200. The smallest absolute Gasteiger partial charge is 0.120 e. The van der Waals surface area contributed by atoms with Crippen LogP contribution in [0.3, 0.4) is 0 Å². The van der Waals surface area contributed by atoms with Crippen molar-refractivity contribution in [3.63, 3.8) is 0 Å². The maximum absolute atomic E-state index is 5.26. The molecule has 0 bridgehead atoms. The monoisotopic (exact) mass is 384 g/mol. The van der Waals surface area contributed by atoms with Gasteiger partial charge in [-0.05, 0) is 35.4 Å². The summed E-state index contributed by atoms with van der Waals surface area (Å²) in [4.78, 5) is 0.0999. The van der Waals surface area contributed by atoms with Crippen molar-refractivity contribution < 1.29 is 9.47 Å². The van der Waals surface area contributed by atoms with Gasteiger partial charge in [0.2, 0.25) is 0 Å². The summed E-state index contributed by atoms with van der Waals surface area (Å²) in [6, 6.07) is 14.0. The number of alkyl halides is 1. The molecule has 0 saturated carbocycles. The minimum atomic E-state index is 0.0999. The molecule has 0 heterocycles. The molecule has 1 atom stereocenters. The molecule has 0 aromatic heterocycles. The third-order valence-corrected chi connectivity index (χ3v) is 4.58. The second-order valence-electron chi connectivity index (χ2n) is 4.03. The van der Waals surface area contributed by atoms with Crippen molar-refractivity contribution in [2.24, 2.45) is 0 Å². The molecule has 2 aromatic rings. The Kier molecular flexibility index (Phi) is 4.88. The van der Waals surface area contributed by atoms with Gasteiger partial charge in [-0.3, -0.25) is 0 Å². The van der Waals surface area contributed by atoms with Gasteiger partial charge < -0.3 is 9.47 Å². The van der Waals surface area contributed by atoms with E-state index in [0.717, 1.165) is 27.1 Å². The Morgan fingerprint density at radius 2 is 1.63 bits per heavy atom. The van der Waals surface area contributed by atoms with Crippen LogP contribution in [0.2, 0.25) is 0 Å². The van der Waals surface area contributed by atoms with E-state index in [4.69, 9.17) is 9.47 Å². The molecular weight excluding hydrogens is 372 g/mol. The largest absolute Gasteiger partial charge is 0.497 e. The highest BCUT2D eigenvalue weighted by atomic mass is 79.9. The van der Waals surface area contributed by atoms with E-state index in [-0.39, 0.29) is 4.83 Å². The molecule has 0 fully saturated rings. The number of hydrogen-bond donors (Lipinski definition) is 0. The van der Waals surface area contributed by atoms with Gasteiger partial charge >= 0.3 is 0 Å². The summed E-state index contributed by atoms with van der Waals surface area (Å²) < 4.78 is 11.5. The normalized spacial score (nSPS) is 12.0. The van der Waals surface area contributed by atoms with Crippen LogP contribution in [-0.2, 0) is 0 Å². The summed E-state index contributed by atoms with van der Waals surface area (Å²) in [5.74, 6) is 1.69. The molecule has 100 valence electrons. The summed E-state index contributed by atoms with van der Waals surface area (Å²) in [6.07, 6.45) is 0. The summed E-state index contributed by atoms with van der Waals surface area (Å²) in [7, 11) is 3.33. The van der Waals surface area contributed by atoms with E-state index >= 15 is 0 Å². The second kappa shape index (κ2) is 6.44. The standard InChI is InChI=1S/C15H14Br2O2/c1-18-11-5-3-4-10(8-11)15(17)13-7-6-12(19-2)9-14(13)16/h3-9,15H,1-2H3. The fourth-order valence-electron chi connectivity index (χ4n) is 1.82. The van der Waals surface area contributed by atoms with Crippen molar-refractivity contribution in [1.82, 2.24) is 0 Å². The lowest BCUT2D eigenvalue weighted by molar-refractivity contribution is 0.414. The van der Waals surface area contributed by atoms with Gasteiger partial charge in [0.15, 0.2) is 0 Å². The van der Waals surface area contributed by atoms with E-state index in [2.05, 4.69) is 37.9 Å². The molecular formula is C15H14Br2O2. The molecule has 0 aliphatic carbocycles. The van der Waals surface area contributed by atoms with Crippen LogP contribution < -0.4 is 9.47 Å². The molecule has 4 heteroatoms. The molecule has 0 spiro atoms. The van der Waals surface area contributed by atoms with Crippen LogP contribution in [0, 0.1) is 0 Å². The first kappa shape index (κ1) is 14.4. The van der Waals surface area contributed by atoms with Crippen LogP contribution in [0.25, 0.3) is 0 Å². The molecule has 1 unspecified atom stereocenters. The van der Waals surface area contributed by atoms with Gasteiger partial charge in [-0.1, -0.05) is 50.1 Å². The number of halogens is 2. The fourth-order valence-corrected chi connectivity index (χ4v) is 3.40. The molecule has 0 saturated heterocycles. The minimum Gasteiger partial charge on any atom is -0.497 e. The molecule has 2 aromatic carbocycles. The molecule has 0 N–H and O–H groups in total. The third-order valence-electron chi connectivity index (χ3n) is 2.87. The highest BCUT2D eigenvalue weighted by Crippen LogP contribution is 2.37. The Morgan fingerprint density at radius 1 is 0.947 bits per heavy atom. The Labute approximate surface area is 130 Å². The van der Waals surface area contributed by atoms with E-state index in [9.17, 15) is 0 Å². The summed E-state index contributed by atoms with van der Waals surface area (Å²) in [5, 5.41) is 0. The van der Waals surface area contributed by atoms with E-state index in [1.807, 2.05) is 36.4 Å². The molecule has 2 nitrogen and oxygen atoms in total. The van der Waals surface area contributed by atoms with E-state index in [0.29, 0.717) is 0 Å². The van der Waals surface area contributed by atoms with Crippen LogP contribution in [-0.4, -0.2) is 14.2 Å². The Bertz CT molecular complexity index is 570. The summed E-state index contributed by atoms with van der Waals surface area (Å²) in [6.45, 7) is 0. The Morgan fingerprint density at radius 3 is 2.26 bits per heavy atom. The SMILES string of the molecule is COc1cccc(C(Br)c2ccc(OC)cc2Br)c1. The lowest BCUT2D eigenvalue weighted by Crippen LogP contribution is -1.95. The van der Waals surface area contributed by atoms with E-state index in [1.54, 1.807) is 14.2 Å². The predicted octanol–water partition coefficient (Wildman–Crippen LogP) is 4.95. The molecule has 19 heavy (non-hydrogen) atoms. The quantitative estimate of drug-likeness (QED) is 0.693. The predicted molar refractivity (Wildman–Crippen MR) is 84.5 cm³/mol. The van der Waals surface area contributed by atoms with Crippen LogP contribution in [0.5, 0.6) is 11.5 Å². The summed E-state index contributed by atoms with van der Waals surface area (Å²) >= 11 is 7.31. The zero-order valence-corrected chi connectivity index (χ0v) is 13.9. The van der Waals surface area contributed by atoms with Gasteiger partial charge in [0, 0.05) is 4.47 Å². The Hall–Kier alpha value is -1.00. The van der Waals surface area contributed by atoms with Crippen molar-refractivity contribution in [1.29, 1.82) is 0 Å². The summed E-state index contributed by atoms with van der Waals surface area (Å²) in [5.41, 5.74) is 2.29. The molecule has 0 amide bonds. The van der Waals surface area contributed by atoms with E-state index in [1.165, 1.54) is 0 Å². The first-order chi connectivity index (χ1) is 9.15. The maximum atomic E-state index is 5.26. The minimum absolute atomic E-state index is 0.0999. The second-order valence-corrected chi connectivity index (χ2v) is 5.80. The average Bonchev–Trinajstić information content (AvgIpc) is 2.46. The number of benzene rings is 2. The lowest BCUT2D eigenvalue weighted by Gasteiger charge is -2.14. The van der Waals surface area contributed by atoms with Crippen LogP contribution in [0.15, 0.2) is 46.9 Å². The molecule has 0 aliphatic rings.